The van der Waals surface area contributed by atoms with Gasteiger partial charge in [0.25, 0.3) is 5.91 Å². The summed E-state index contributed by atoms with van der Waals surface area (Å²) in [6, 6.07) is 1.26. The van der Waals surface area contributed by atoms with E-state index in [0.717, 1.165) is 24.6 Å². The van der Waals surface area contributed by atoms with E-state index in [1.807, 2.05) is 0 Å². The summed E-state index contributed by atoms with van der Waals surface area (Å²) in [5.41, 5.74) is 0.514. The van der Waals surface area contributed by atoms with E-state index in [2.05, 4.69) is 15.4 Å². The predicted molar refractivity (Wildman–Crippen MR) is 106 cm³/mol. The van der Waals surface area contributed by atoms with Crippen LogP contribution in [0.5, 0.6) is 0 Å². The Kier molecular flexibility index (Phi) is 7.48. The molecule has 182 valence electrons. The molecule has 0 aromatic carbocycles. The van der Waals surface area contributed by atoms with E-state index in [1.54, 1.807) is 6.92 Å². The second kappa shape index (κ2) is 9.29. The number of carbonyl (C=O) groups excluding carboxylic acids is 1. The van der Waals surface area contributed by atoms with Gasteiger partial charge in [-0.15, -0.1) is 11.3 Å². The van der Waals surface area contributed by atoms with Crippen molar-refractivity contribution in [3.63, 3.8) is 0 Å². The average molecular weight is 524 g/mol. The van der Waals surface area contributed by atoms with Gasteiger partial charge in [0.1, 0.15) is 9.90 Å². The molecule has 2 aromatic heterocycles. The molecule has 16 heteroatoms. The Morgan fingerprint density at radius 1 is 1.27 bits per heavy atom. The van der Waals surface area contributed by atoms with Crippen molar-refractivity contribution in [3.05, 3.63) is 38.3 Å². The van der Waals surface area contributed by atoms with Crippen LogP contribution in [0, 0.1) is 0 Å². The van der Waals surface area contributed by atoms with Crippen LogP contribution in [0.25, 0.3) is 5.57 Å². The smallest absolute Gasteiger partial charge is 0.404 e. The molecule has 0 unspecified atom stereocenters. The summed E-state index contributed by atoms with van der Waals surface area (Å²) in [7, 11) is 0.721. The number of aryl methyl sites for hydroxylation is 1. The molecule has 0 atom stereocenters. The second-order valence-electron chi connectivity index (χ2n) is 6.28. The third-order valence-electron chi connectivity index (χ3n) is 4.01. The summed E-state index contributed by atoms with van der Waals surface area (Å²) >= 11 is 6.81. The van der Waals surface area contributed by atoms with Crippen LogP contribution < -0.4 is 11.1 Å². The third kappa shape index (κ3) is 5.29. The number of allylic oxidation sites excluding steroid dienone is 1. The van der Waals surface area contributed by atoms with Gasteiger partial charge in [0.2, 0.25) is 0 Å². The number of hydrogen-bond donors (Lipinski definition) is 2. The molecule has 0 saturated heterocycles. The van der Waals surface area contributed by atoms with Gasteiger partial charge in [-0.3, -0.25) is 4.79 Å². The summed E-state index contributed by atoms with van der Waals surface area (Å²) in [6.45, 7) is 1.94. The number of nitrogens with zero attached hydrogens (tertiary/aromatic N) is 3. The molecule has 0 aliphatic carbocycles. The minimum atomic E-state index is -6.33. The first-order valence-electron chi connectivity index (χ1n) is 8.69. The molecule has 0 radical (unpaired) electrons. The number of aliphatic imine (C=N–C) groups is 1. The maximum Gasteiger partial charge on any atom is 0.459 e. The summed E-state index contributed by atoms with van der Waals surface area (Å²) in [6.07, 6.45) is -10.4. The van der Waals surface area contributed by atoms with Crippen molar-refractivity contribution < 1.29 is 39.9 Å². The van der Waals surface area contributed by atoms with Crippen LogP contribution in [-0.2, 0) is 19.1 Å². The van der Waals surface area contributed by atoms with Crippen LogP contribution in [0.4, 0.5) is 40.9 Å². The van der Waals surface area contributed by atoms with Crippen molar-refractivity contribution in [1.29, 1.82) is 0 Å². The maximum atomic E-state index is 13.7. The minimum Gasteiger partial charge on any atom is -0.404 e. The van der Waals surface area contributed by atoms with Gasteiger partial charge in [-0.2, -0.15) is 40.2 Å². The van der Waals surface area contributed by atoms with Crippen molar-refractivity contribution in [2.75, 3.05) is 6.54 Å². The van der Waals surface area contributed by atoms with E-state index in [-0.39, 0.29) is 31.6 Å². The number of hydrogen-bond acceptors (Lipinski definition) is 5. The summed E-state index contributed by atoms with van der Waals surface area (Å²) in [5.74, 6) is -7.74. The highest BCUT2D eigenvalue weighted by atomic mass is 35.5. The van der Waals surface area contributed by atoms with Crippen LogP contribution >= 0.6 is 22.9 Å². The van der Waals surface area contributed by atoms with E-state index in [9.17, 15) is 39.9 Å². The molecule has 33 heavy (non-hydrogen) atoms. The molecule has 0 saturated carbocycles. The average Bonchev–Trinajstić information content (AvgIpc) is 3.22. The molecule has 1 amide bonds. The fraction of sp³-hybridized carbons (Fsp3) is 0.353. The molecule has 0 aliphatic heterocycles. The third-order valence-corrected chi connectivity index (χ3v) is 5.42. The molecule has 6 nitrogen and oxygen atoms in total. The zero-order chi connectivity index (χ0) is 25.4. The van der Waals surface area contributed by atoms with E-state index in [1.165, 1.54) is 6.07 Å². The number of nitrogens with two attached hydrogens (primary N) is 1. The second-order valence-corrected chi connectivity index (χ2v) is 7.93. The maximum absolute atomic E-state index is 13.7. The Morgan fingerprint density at radius 3 is 2.36 bits per heavy atom. The monoisotopic (exact) mass is 523 g/mol. The first kappa shape index (κ1) is 26.6. The standard InChI is InChI=1S/C17H14ClF8N5OS/c1-3-28-14(32)8-4-9(33-12(8)18)7(5-27)6-29-13-10(16(21,22)23)11(30-31(13)2)15(19,20)17(24,25)26/h4-6H,3,27H2,1-2H3,(H,28,32). The van der Waals surface area contributed by atoms with Crippen LogP contribution in [0.3, 0.4) is 0 Å². The van der Waals surface area contributed by atoms with Gasteiger partial charge >= 0.3 is 18.3 Å². The van der Waals surface area contributed by atoms with Crippen LogP contribution in [0.2, 0.25) is 4.34 Å². The van der Waals surface area contributed by atoms with Gasteiger partial charge in [-0.1, -0.05) is 11.6 Å². The highest BCUT2D eigenvalue weighted by Gasteiger charge is 2.64. The molecule has 2 aromatic rings. The lowest BCUT2D eigenvalue weighted by molar-refractivity contribution is -0.292. The van der Waals surface area contributed by atoms with Crippen molar-refractivity contribution in [3.8, 4) is 0 Å². The van der Waals surface area contributed by atoms with Gasteiger partial charge in [0, 0.05) is 36.5 Å². The lowest BCUT2D eigenvalue weighted by Gasteiger charge is -2.19. The van der Waals surface area contributed by atoms with E-state index in [4.69, 9.17) is 17.3 Å². The molecule has 0 fully saturated rings. The molecule has 0 spiro atoms. The van der Waals surface area contributed by atoms with Gasteiger partial charge in [0.05, 0.1) is 5.56 Å². The first-order valence-corrected chi connectivity index (χ1v) is 9.88. The van der Waals surface area contributed by atoms with Gasteiger partial charge in [-0.05, 0) is 13.0 Å². The van der Waals surface area contributed by atoms with Crippen molar-refractivity contribution >= 4 is 46.5 Å². The Bertz CT molecular complexity index is 1100. The van der Waals surface area contributed by atoms with Crippen LogP contribution in [0.15, 0.2) is 17.3 Å². The number of aromatic nitrogens is 2. The lowest BCUT2D eigenvalue weighted by Crippen LogP contribution is -2.36. The van der Waals surface area contributed by atoms with Gasteiger partial charge in [0.15, 0.2) is 11.5 Å². The number of amides is 1. The van der Waals surface area contributed by atoms with E-state index in [0.29, 0.717) is 6.21 Å². The normalized spacial score (nSPS) is 13.7. The molecule has 0 bridgehead atoms. The Balaban J connectivity index is 2.58. The number of carbonyl (C=O) groups is 1. The number of alkyl halides is 8. The summed E-state index contributed by atoms with van der Waals surface area (Å²) in [4.78, 5) is 15.6. The Morgan fingerprint density at radius 2 is 1.88 bits per heavy atom. The van der Waals surface area contributed by atoms with E-state index < -0.39 is 41.3 Å². The molecular formula is C17H14ClF8N5OS. The molecule has 3 N–H and O–H groups in total. The predicted octanol–water partition coefficient (Wildman–Crippen LogP) is 5.26. The lowest BCUT2D eigenvalue weighted by atomic mass is 10.1. The molecule has 2 heterocycles. The van der Waals surface area contributed by atoms with Gasteiger partial charge in [-0.25, -0.2) is 9.67 Å². The van der Waals surface area contributed by atoms with Crippen molar-refractivity contribution in [1.82, 2.24) is 15.1 Å². The number of nitrogens with one attached hydrogen (secondary N) is 1. The number of halogens is 9. The number of thiophene rings is 1. The fourth-order valence-corrected chi connectivity index (χ4v) is 3.78. The Labute approximate surface area is 189 Å². The SMILES string of the molecule is CCNC(=O)c1cc(C(C=Nc2c(C(F)(F)F)c(C(F)(F)C(F)(F)F)nn2C)=CN)sc1Cl. The molecule has 2 rings (SSSR count). The highest BCUT2D eigenvalue weighted by Crippen LogP contribution is 2.50. The van der Waals surface area contributed by atoms with Gasteiger partial charge < -0.3 is 11.1 Å². The molecule has 0 aliphatic rings. The molecular weight excluding hydrogens is 510 g/mol. The first-order chi connectivity index (χ1) is 15.1. The zero-order valence-electron chi connectivity index (χ0n) is 16.6. The Hall–Kier alpha value is -2.68. The van der Waals surface area contributed by atoms with Crippen LogP contribution in [-0.4, -0.2) is 34.6 Å². The van der Waals surface area contributed by atoms with Crippen molar-refractivity contribution in [2.24, 2.45) is 17.8 Å². The summed E-state index contributed by atoms with van der Waals surface area (Å²) < 4.78 is 106. The zero-order valence-corrected chi connectivity index (χ0v) is 18.1. The highest BCUT2D eigenvalue weighted by molar-refractivity contribution is 7.17. The summed E-state index contributed by atoms with van der Waals surface area (Å²) in [5, 5.41) is 5.24. The topological polar surface area (TPSA) is 85.3 Å². The number of rotatable bonds is 6. The fourth-order valence-electron chi connectivity index (χ4n) is 2.52. The van der Waals surface area contributed by atoms with E-state index >= 15 is 0 Å². The quantitative estimate of drug-likeness (QED) is 0.400. The van der Waals surface area contributed by atoms with Crippen molar-refractivity contribution in [2.45, 2.75) is 25.2 Å². The minimum absolute atomic E-state index is 0.0207. The largest absolute Gasteiger partial charge is 0.459 e. The van der Waals surface area contributed by atoms with Crippen LogP contribution in [0.1, 0.15) is 33.4 Å².